The normalized spacial score (nSPS) is 10.6. The molecule has 94 valence electrons. The highest BCUT2D eigenvalue weighted by atomic mass is 15.3. The van der Waals surface area contributed by atoms with E-state index in [9.17, 15) is 0 Å². The van der Waals surface area contributed by atoms with Crippen LogP contribution in [0.5, 0.6) is 0 Å². The van der Waals surface area contributed by atoms with E-state index in [4.69, 9.17) is 0 Å². The van der Waals surface area contributed by atoms with Gasteiger partial charge in [-0.15, -0.1) is 0 Å². The van der Waals surface area contributed by atoms with Gasteiger partial charge in [0.2, 0.25) is 0 Å². The van der Waals surface area contributed by atoms with Crippen molar-refractivity contribution < 1.29 is 0 Å². The molecule has 4 heteroatoms. The van der Waals surface area contributed by atoms with Crippen molar-refractivity contribution in [3.63, 3.8) is 0 Å². The Morgan fingerprint density at radius 2 is 1.63 bits per heavy atom. The molecule has 0 saturated carbocycles. The molecule has 0 atom stereocenters. The molecule has 0 aliphatic rings. The van der Waals surface area contributed by atoms with Crippen molar-refractivity contribution in [2.45, 2.75) is 13.8 Å². The summed E-state index contributed by atoms with van der Waals surface area (Å²) in [6, 6.07) is 8.16. The van der Waals surface area contributed by atoms with E-state index in [1.807, 2.05) is 10.9 Å². The third-order valence-corrected chi connectivity index (χ3v) is 2.88. The van der Waals surface area contributed by atoms with Crippen molar-refractivity contribution in [2.24, 2.45) is 0 Å². The SMILES string of the molecule is Cc1cc(C)cc(-n2cc(-c3ncccn3)cn2)c1. The minimum Gasteiger partial charge on any atom is -0.240 e. The average molecular weight is 250 g/mol. The summed E-state index contributed by atoms with van der Waals surface area (Å²) < 4.78 is 1.85. The largest absolute Gasteiger partial charge is 0.240 e. The summed E-state index contributed by atoms with van der Waals surface area (Å²) in [5, 5.41) is 4.38. The van der Waals surface area contributed by atoms with Crippen LogP contribution in [0, 0.1) is 13.8 Å². The van der Waals surface area contributed by atoms with Crippen LogP contribution in [0.1, 0.15) is 11.1 Å². The zero-order valence-corrected chi connectivity index (χ0v) is 10.9. The zero-order chi connectivity index (χ0) is 13.2. The van der Waals surface area contributed by atoms with Crippen molar-refractivity contribution in [1.82, 2.24) is 19.7 Å². The minimum atomic E-state index is 0.693. The Kier molecular flexibility index (Phi) is 2.83. The summed E-state index contributed by atoms with van der Waals surface area (Å²) in [7, 11) is 0. The van der Waals surface area contributed by atoms with Gasteiger partial charge in [0.25, 0.3) is 0 Å². The Balaban J connectivity index is 2.02. The molecular formula is C15H14N4. The van der Waals surface area contributed by atoms with Crippen LogP contribution in [0.2, 0.25) is 0 Å². The van der Waals surface area contributed by atoms with Crippen molar-refractivity contribution >= 4 is 0 Å². The van der Waals surface area contributed by atoms with Crippen LogP contribution in [0.15, 0.2) is 49.1 Å². The lowest BCUT2D eigenvalue weighted by atomic mass is 10.1. The summed E-state index contributed by atoms with van der Waals surface area (Å²) >= 11 is 0. The van der Waals surface area contributed by atoms with Gasteiger partial charge in [-0.25, -0.2) is 14.6 Å². The molecule has 2 aromatic heterocycles. The average Bonchev–Trinajstić information content (AvgIpc) is 2.88. The van der Waals surface area contributed by atoms with Crippen LogP contribution < -0.4 is 0 Å². The van der Waals surface area contributed by atoms with Crippen LogP contribution in [0.3, 0.4) is 0 Å². The summed E-state index contributed by atoms with van der Waals surface area (Å²) in [6.45, 7) is 4.17. The first-order valence-electron chi connectivity index (χ1n) is 6.13. The Labute approximate surface area is 111 Å². The maximum Gasteiger partial charge on any atom is 0.162 e. The summed E-state index contributed by atoms with van der Waals surface area (Å²) in [5.74, 6) is 0.693. The van der Waals surface area contributed by atoms with E-state index in [0.29, 0.717) is 5.82 Å². The van der Waals surface area contributed by atoms with Gasteiger partial charge in [-0.2, -0.15) is 5.10 Å². The van der Waals surface area contributed by atoms with E-state index in [-0.39, 0.29) is 0 Å². The molecule has 0 bridgehead atoms. The molecular weight excluding hydrogens is 236 g/mol. The predicted molar refractivity (Wildman–Crippen MR) is 74.1 cm³/mol. The van der Waals surface area contributed by atoms with Crippen LogP contribution in [0.4, 0.5) is 0 Å². The quantitative estimate of drug-likeness (QED) is 0.702. The number of aryl methyl sites for hydroxylation is 2. The van der Waals surface area contributed by atoms with E-state index in [1.54, 1.807) is 24.7 Å². The fraction of sp³-hybridized carbons (Fsp3) is 0.133. The molecule has 0 spiro atoms. The van der Waals surface area contributed by atoms with E-state index in [0.717, 1.165) is 11.3 Å². The lowest BCUT2D eigenvalue weighted by Gasteiger charge is -2.04. The van der Waals surface area contributed by atoms with Gasteiger partial charge in [0, 0.05) is 18.6 Å². The Morgan fingerprint density at radius 3 is 2.32 bits per heavy atom. The number of benzene rings is 1. The highest BCUT2D eigenvalue weighted by Crippen LogP contribution is 2.17. The molecule has 19 heavy (non-hydrogen) atoms. The second-order valence-electron chi connectivity index (χ2n) is 4.59. The fourth-order valence-corrected chi connectivity index (χ4v) is 2.11. The van der Waals surface area contributed by atoms with Gasteiger partial charge < -0.3 is 0 Å². The molecule has 4 nitrogen and oxygen atoms in total. The van der Waals surface area contributed by atoms with Crippen LogP contribution >= 0.6 is 0 Å². The lowest BCUT2D eigenvalue weighted by Crippen LogP contribution is -1.95. The molecule has 3 rings (SSSR count). The van der Waals surface area contributed by atoms with Crippen molar-refractivity contribution in [3.05, 3.63) is 60.2 Å². The maximum atomic E-state index is 4.38. The van der Waals surface area contributed by atoms with Gasteiger partial charge in [-0.05, 0) is 43.2 Å². The van der Waals surface area contributed by atoms with Gasteiger partial charge in [0.15, 0.2) is 5.82 Å². The lowest BCUT2D eigenvalue weighted by molar-refractivity contribution is 0.877. The number of aromatic nitrogens is 4. The molecule has 1 aromatic carbocycles. The molecule has 0 radical (unpaired) electrons. The van der Waals surface area contributed by atoms with Gasteiger partial charge in [0.05, 0.1) is 17.4 Å². The van der Waals surface area contributed by atoms with Crippen molar-refractivity contribution in [3.8, 4) is 17.1 Å². The Morgan fingerprint density at radius 1 is 0.947 bits per heavy atom. The van der Waals surface area contributed by atoms with Gasteiger partial charge in [-0.3, -0.25) is 0 Å². The van der Waals surface area contributed by atoms with Crippen molar-refractivity contribution in [2.75, 3.05) is 0 Å². The first-order chi connectivity index (χ1) is 9.22. The molecule has 0 unspecified atom stereocenters. The highest BCUT2D eigenvalue weighted by molar-refractivity contribution is 5.53. The Hall–Kier alpha value is -2.49. The molecule has 3 aromatic rings. The van der Waals surface area contributed by atoms with E-state index >= 15 is 0 Å². The highest BCUT2D eigenvalue weighted by Gasteiger charge is 2.05. The second-order valence-corrected chi connectivity index (χ2v) is 4.59. The summed E-state index contributed by atoms with van der Waals surface area (Å²) in [5.41, 5.74) is 4.42. The van der Waals surface area contributed by atoms with Gasteiger partial charge in [0.1, 0.15) is 0 Å². The minimum absolute atomic E-state index is 0.693. The molecule has 0 saturated heterocycles. The predicted octanol–water partition coefficient (Wildman–Crippen LogP) is 2.95. The topological polar surface area (TPSA) is 43.6 Å². The third-order valence-electron chi connectivity index (χ3n) is 2.88. The van der Waals surface area contributed by atoms with E-state index < -0.39 is 0 Å². The van der Waals surface area contributed by atoms with Gasteiger partial charge in [-0.1, -0.05) is 6.07 Å². The van der Waals surface area contributed by atoms with Crippen LogP contribution in [-0.4, -0.2) is 19.7 Å². The maximum absolute atomic E-state index is 4.38. The monoisotopic (exact) mass is 250 g/mol. The summed E-state index contributed by atoms with van der Waals surface area (Å²) in [4.78, 5) is 8.45. The third kappa shape index (κ3) is 2.38. The molecule has 0 aliphatic heterocycles. The van der Waals surface area contributed by atoms with E-state index in [2.05, 4.69) is 47.1 Å². The van der Waals surface area contributed by atoms with Crippen LogP contribution in [-0.2, 0) is 0 Å². The molecule has 0 aliphatic carbocycles. The first kappa shape index (κ1) is 11.6. The molecule has 0 amide bonds. The number of hydrogen-bond donors (Lipinski definition) is 0. The van der Waals surface area contributed by atoms with Crippen molar-refractivity contribution in [1.29, 1.82) is 0 Å². The second kappa shape index (κ2) is 4.65. The molecule has 0 fully saturated rings. The first-order valence-corrected chi connectivity index (χ1v) is 6.13. The van der Waals surface area contributed by atoms with E-state index in [1.165, 1.54) is 11.1 Å². The summed E-state index contributed by atoms with van der Waals surface area (Å²) in [6.07, 6.45) is 7.20. The zero-order valence-electron chi connectivity index (χ0n) is 10.9. The standard InChI is InChI=1S/C15H14N4/c1-11-6-12(2)8-14(7-11)19-10-13(9-18-19)15-16-4-3-5-17-15/h3-10H,1-2H3. The smallest absolute Gasteiger partial charge is 0.162 e. The Bertz CT molecular complexity index is 681. The van der Waals surface area contributed by atoms with Gasteiger partial charge >= 0.3 is 0 Å². The molecule has 0 N–H and O–H groups in total. The molecule has 2 heterocycles. The number of rotatable bonds is 2. The fourth-order valence-electron chi connectivity index (χ4n) is 2.11. The number of hydrogen-bond acceptors (Lipinski definition) is 3. The van der Waals surface area contributed by atoms with Crippen LogP contribution in [0.25, 0.3) is 17.1 Å². The number of nitrogens with zero attached hydrogens (tertiary/aromatic N) is 4.